The minimum absolute atomic E-state index is 0.0627. The van der Waals surface area contributed by atoms with Gasteiger partial charge in [-0.3, -0.25) is 19.7 Å². The van der Waals surface area contributed by atoms with Crippen molar-refractivity contribution in [2.24, 2.45) is 0 Å². The number of aryl methyl sites for hydroxylation is 2. The molecule has 1 N–H and O–H groups in total. The van der Waals surface area contributed by atoms with E-state index in [-0.39, 0.29) is 23.6 Å². The molecule has 0 spiro atoms. The lowest BCUT2D eigenvalue weighted by molar-refractivity contribution is -0.384. The van der Waals surface area contributed by atoms with Crippen LogP contribution < -0.4 is 0 Å². The number of carbonyl (C=O) groups excluding carboxylic acids is 2. The highest BCUT2D eigenvalue weighted by Crippen LogP contribution is 2.40. The van der Waals surface area contributed by atoms with Gasteiger partial charge in [-0.15, -0.1) is 0 Å². The Morgan fingerprint density at radius 3 is 2.44 bits per heavy atom. The first-order valence-electron chi connectivity index (χ1n) is 10.9. The van der Waals surface area contributed by atoms with Gasteiger partial charge in [-0.05, 0) is 43.0 Å². The number of hydrogen-bond donors (Lipinski definition) is 1. The molecule has 34 heavy (non-hydrogen) atoms. The Balaban J connectivity index is 1.86. The van der Waals surface area contributed by atoms with Crippen molar-refractivity contribution in [1.82, 2.24) is 4.90 Å². The van der Waals surface area contributed by atoms with E-state index in [1.54, 1.807) is 12.1 Å². The van der Waals surface area contributed by atoms with Gasteiger partial charge in [0.05, 0.1) is 16.5 Å². The molecule has 0 aliphatic carbocycles. The van der Waals surface area contributed by atoms with Crippen LogP contribution in [0.5, 0.6) is 0 Å². The molecule has 1 heterocycles. The molecule has 7 nitrogen and oxygen atoms in total. The minimum atomic E-state index is -0.941. The van der Waals surface area contributed by atoms with Gasteiger partial charge in [0.15, 0.2) is 0 Å². The Bertz CT molecular complexity index is 1310. The van der Waals surface area contributed by atoms with Gasteiger partial charge in [-0.25, -0.2) is 0 Å². The molecule has 3 aromatic carbocycles. The topological polar surface area (TPSA) is 101 Å². The Kier molecular flexibility index (Phi) is 6.27. The lowest BCUT2D eigenvalue weighted by Crippen LogP contribution is -2.31. The number of likely N-dealkylation sites (tertiary alicyclic amines) is 1. The number of aliphatic hydroxyl groups excluding tert-OH is 1. The lowest BCUT2D eigenvalue weighted by atomic mass is 9.93. The molecule has 0 bridgehead atoms. The van der Waals surface area contributed by atoms with Crippen LogP contribution in [0.25, 0.3) is 5.76 Å². The molecule has 1 amide bonds. The number of benzene rings is 3. The second-order valence-electron chi connectivity index (χ2n) is 8.40. The molecule has 3 aromatic rings. The van der Waals surface area contributed by atoms with Crippen molar-refractivity contribution < 1.29 is 19.6 Å². The summed E-state index contributed by atoms with van der Waals surface area (Å²) < 4.78 is 0. The van der Waals surface area contributed by atoms with Crippen LogP contribution in [-0.4, -0.2) is 33.2 Å². The zero-order valence-electron chi connectivity index (χ0n) is 18.9. The standard InChI is InChI=1S/C27H24N2O5/c1-17-11-12-18(2)22(15-17)25(30)23-24(20-9-6-10-21(16-20)29(33)34)28(27(32)26(23)31)14-13-19-7-4-3-5-8-19/h3-12,15-16,24,30H,13-14H2,1-2H3. The van der Waals surface area contributed by atoms with Gasteiger partial charge in [-0.2, -0.15) is 0 Å². The Morgan fingerprint density at radius 1 is 1.00 bits per heavy atom. The molecule has 1 aliphatic heterocycles. The Hall–Kier alpha value is -4.26. The number of nitro groups is 1. The predicted molar refractivity (Wildman–Crippen MR) is 128 cm³/mol. The van der Waals surface area contributed by atoms with Crippen molar-refractivity contribution in [3.63, 3.8) is 0 Å². The number of hydrogen-bond acceptors (Lipinski definition) is 5. The SMILES string of the molecule is Cc1ccc(C)c(C(O)=C2C(=O)C(=O)N(CCc3ccccc3)C2c2cccc([N+](=O)[O-])c2)c1. The van der Waals surface area contributed by atoms with Gasteiger partial charge < -0.3 is 10.0 Å². The highest BCUT2D eigenvalue weighted by molar-refractivity contribution is 6.46. The number of nitrogens with zero attached hydrogens (tertiary/aromatic N) is 2. The summed E-state index contributed by atoms with van der Waals surface area (Å²) in [6, 6.07) is 19.9. The van der Waals surface area contributed by atoms with E-state index in [2.05, 4.69) is 0 Å². The third kappa shape index (κ3) is 4.32. The summed E-state index contributed by atoms with van der Waals surface area (Å²) >= 11 is 0. The summed E-state index contributed by atoms with van der Waals surface area (Å²) in [7, 11) is 0. The summed E-state index contributed by atoms with van der Waals surface area (Å²) in [6.07, 6.45) is 0.489. The fourth-order valence-corrected chi connectivity index (χ4v) is 4.30. The first-order valence-corrected chi connectivity index (χ1v) is 10.9. The van der Waals surface area contributed by atoms with Gasteiger partial charge >= 0.3 is 0 Å². The number of nitro benzene ring substituents is 1. The maximum Gasteiger partial charge on any atom is 0.295 e. The lowest BCUT2D eigenvalue weighted by Gasteiger charge is -2.25. The largest absolute Gasteiger partial charge is 0.507 e. The van der Waals surface area contributed by atoms with Crippen LogP contribution in [0.2, 0.25) is 0 Å². The smallest absolute Gasteiger partial charge is 0.295 e. The quantitative estimate of drug-likeness (QED) is 0.187. The van der Waals surface area contributed by atoms with E-state index < -0.39 is 22.7 Å². The Morgan fingerprint density at radius 2 is 1.74 bits per heavy atom. The average Bonchev–Trinajstić information content (AvgIpc) is 3.09. The molecular weight excluding hydrogens is 432 g/mol. The molecule has 1 fully saturated rings. The Labute approximate surface area is 197 Å². The van der Waals surface area contributed by atoms with E-state index in [1.165, 1.54) is 23.1 Å². The van der Waals surface area contributed by atoms with Crippen LogP contribution in [0.3, 0.4) is 0 Å². The molecular formula is C27H24N2O5. The fraction of sp³-hybridized carbons (Fsp3) is 0.185. The normalized spacial score (nSPS) is 17.2. The maximum atomic E-state index is 13.2. The van der Waals surface area contributed by atoms with E-state index in [0.29, 0.717) is 17.5 Å². The molecule has 1 aliphatic rings. The second kappa shape index (κ2) is 9.31. The summed E-state index contributed by atoms with van der Waals surface area (Å²) in [5.74, 6) is -1.82. The van der Waals surface area contributed by atoms with E-state index in [1.807, 2.05) is 56.3 Å². The molecule has 172 valence electrons. The van der Waals surface area contributed by atoms with Crippen molar-refractivity contribution in [3.8, 4) is 0 Å². The number of carbonyl (C=O) groups is 2. The fourth-order valence-electron chi connectivity index (χ4n) is 4.30. The number of rotatable bonds is 6. The zero-order chi connectivity index (χ0) is 24.4. The maximum absolute atomic E-state index is 13.2. The summed E-state index contributed by atoms with van der Waals surface area (Å²) in [5, 5.41) is 22.7. The van der Waals surface area contributed by atoms with Crippen molar-refractivity contribution >= 4 is 23.1 Å². The number of aliphatic hydroxyl groups is 1. The van der Waals surface area contributed by atoms with Crippen LogP contribution >= 0.6 is 0 Å². The zero-order valence-corrected chi connectivity index (χ0v) is 18.9. The van der Waals surface area contributed by atoms with Gasteiger partial charge in [0, 0.05) is 24.2 Å². The van der Waals surface area contributed by atoms with Crippen LogP contribution in [0.1, 0.15) is 33.9 Å². The molecule has 0 aromatic heterocycles. The predicted octanol–water partition coefficient (Wildman–Crippen LogP) is 4.88. The molecule has 0 radical (unpaired) electrons. The summed E-state index contributed by atoms with van der Waals surface area (Å²) in [6.45, 7) is 3.89. The molecule has 1 atom stereocenters. The molecule has 1 unspecified atom stereocenters. The van der Waals surface area contributed by atoms with Crippen LogP contribution in [0.4, 0.5) is 5.69 Å². The van der Waals surface area contributed by atoms with Gasteiger partial charge in [0.2, 0.25) is 0 Å². The summed E-state index contributed by atoms with van der Waals surface area (Å²) in [5.41, 5.74) is 3.25. The molecule has 7 heteroatoms. The molecule has 0 saturated carbocycles. The average molecular weight is 456 g/mol. The van der Waals surface area contributed by atoms with E-state index in [4.69, 9.17) is 0 Å². The van der Waals surface area contributed by atoms with Crippen molar-refractivity contribution in [1.29, 1.82) is 0 Å². The molecule has 4 rings (SSSR count). The van der Waals surface area contributed by atoms with E-state index in [9.17, 15) is 24.8 Å². The third-order valence-electron chi connectivity index (χ3n) is 6.07. The number of ketones is 1. The van der Waals surface area contributed by atoms with Crippen molar-refractivity contribution in [2.45, 2.75) is 26.3 Å². The summed E-state index contributed by atoms with van der Waals surface area (Å²) in [4.78, 5) is 38.6. The number of Topliss-reactive ketones (excluding diaryl/α,β-unsaturated/α-hetero) is 1. The second-order valence-corrected chi connectivity index (χ2v) is 8.40. The molecule has 1 saturated heterocycles. The van der Waals surface area contributed by atoms with Crippen LogP contribution in [0, 0.1) is 24.0 Å². The van der Waals surface area contributed by atoms with E-state index in [0.717, 1.165) is 16.7 Å². The first kappa shape index (κ1) is 22.9. The van der Waals surface area contributed by atoms with E-state index >= 15 is 0 Å². The first-order chi connectivity index (χ1) is 16.3. The third-order valence-corrected chi connectivity index (χ3v) is 6.07. The van der Waals surface area contributed by atoms with Crippen LogP contribution in [0.15, 0.2) is 78.4 Å². The van der Waals surface area contributed by atoms with Crippen LogP contribution in [-0.2, 0) is 16.0 Å². The van der Waals surface area contributed by atoms with Crippen molar-refractivity contribution in [3.05, 3.63) is 116 Å². The number of amides is 1. The highest BCUT2D eigenvalue weighted by Gasteiger charge is 2.46. The monoisotopic (exact) mass is 456 g/mol. The van der Waals surface area contributed by atoms with Gasteiger partial charge in [-0.1, -0.05) is 60.2 Å². The minimum Gasteiger partial charge on any atom is -0.507 e. The number of non-ortho nitro benzene ring substituents is 1. The van der Waals surface area contributed by atoms with Gasteiger partial charge in [0.25, 0.3) is 17.4 Å². The highest BCUT2D eigenvalue weighted by atomic mass is 16.6. The van der Waals surface area contributed by atoms with Crippen molar-refractivity contribution in [2.75, 3.05) is 6.54 Å². The van der Waals surface area contributed by atoms with Gasteiger partial charge in [0.1, 0.15) is 5.76 Å².